The van der Waals surface area contributed by atoms with Crippen LogP contribution in [0, 0.1) is 11.7 Å². The van der Waals surface area contributed by atoms with Gasteiger partial charge in [-0.05, 0) is 50.4 Å². The zero-order valence-corrected chi connectivity index (χ0v) is 16.1. The Morgan fingerprint density at radius 1 is 1.23 bits per heavy atom. The Kier molecular flexibility index (Phi) is 5.89. The van der Waals surface area contributed by atoms with Crippen molar-refractivity contribution in [3.05, 3.63) is 29.0 Å². The number of halogens is 2. The van der Waals surface area contributed by atoms with E-state index in [0.29, 0.717) is 13.0 Å². The molecule has 0 unspecified atom stereocenters. The summed E-state index contributed by atoms with van der Waals surface area (Å²) in [6.07, 6.45) is 5.39. The van der Waals surface area contributed by atoms with Gasteiger partial charge in [0, 0.05) is 17.5 Å². The van der Waals surface area contributed by atoms with Crippen molar-refractivity contribution in [2.75, 3.05) is 13.1 Å². The van der Waals surface area contributed by atoms with Gasteiger partial charge in [0.05, 0.1) is 0 Å². The normalized spacial score (nSPS) is 25.0. The topological polar surface area (TPSA) is 75.3 Å². The van der Waals surface area contributed by atoms with Gasteiger partial charge in [-0.25, -0.2) is 12.8 Å². The van der Waals surface area contributed by atoms with Gasteiger partial charge >= 0.3 is 0 Å². The Bertz CT molecular complexity index is 773. The molecule has 1 heterocycles. The predicted octanol–water partition coefficient (Wildman–Crippen LogP) is 3.03. The van der Waals surface area contributed by atoms with Crippen LogP contribution in [0.1, 0.15) is 44.9 Å². The molecule has 1 aliphatic carbocycles. The van der Waals surface area contributed by atoms with E-state index in [-0.39, 0.29) is 29.8 Å². The van der Waals surface area contributed by atoms with Crippen molar-refractivity contribution in [1.82, 2.24) is 10.6 Å². The van der Waals surface area contributed by atoms with Crippen LogP contribution in [0.5, 0.6) is 0 Å². The van der Waals surface area contributed by atoms with Gasteiger partial charge in [-0.1, -0.05) is 30.9 Å². The van der Waals surface area contributed by atoms with Crippen LogP contribution < -0.4 is 10.6 Å². The van der Waals surface area contributed by atoms with Gasteiger partial charge in [-0.2, -0.15) is 0 Å². The first-order chi connectivity index (χ1) is 12.4. The molecule has 2 aliphatic rings. The number of nitrogens with one attached hydrogen (secondary N) is 2. The number of sulfone groups is 1. The molecule has 1 saturated heterocycles. The maximum atomic E-state index is 14.3. The lowest BCUT2D eigenvalue weighted by molar-refractivity contribution is -0.127. The highest BCUT2D eigenvalue weighted by atomic mass is 35.5. The van der Waals surface area contributed by atoms with Gasteiger partial charge in [0.15, 0.2) is 4.87 Å². The van der Waals surface area contributed by atoms with Crippen molar-refractivity contribution in [1.29, 1.82) is 0 Å². The van der Waals surface area contributed by atoms with Crippen molar-refractivity contribution in [3.63, 3.8) is 0 Å². The molecule has 2 N–H and O–H groups in total. The Hall–Kier alpha value is -1.18. The monoisotopic (exact) mass is 402 g/mol. The van der Waals surface area contributed by atoms with Crippen LogP contribution in [-0.2, 0) is 14.6 Å². The average molecular weight is 403 g/mol. The first kappa shape index (κ1) is 19.6. The summed E-state index contributed by atoms with van der Waals surface area (Å²) >= 11 is 5.90. The SMILES string of the molecule is O=C(N[C@]1(S(=O)(=O)c2cc(Cl)ccc2F)CCCNC1)C1CCCCC1. The summed E-state index contributed by atoms with van der Waals surface area (Å²) in [4.78, 5) is 10.8. The average Bonchev–Trinajstić information content (AvgIpc) is 2.65. The third-order valence-corrected chi connectivity index (χ3v) is 7.98. The van der Waals surface area contributed by atoms with Gasteiger partial charge in [0.25, 0.3) is 0 Å². The molecule has 144 valence electrons. The molecule has 2 fully saturated rings. The van der Waals surface area contributed by atoms with Crippen molar-refractivity contribution < 1.29 is 17.6 Å². The molecule has 1 aromatic carbocycles. The molecule has 5 nitrogen and oxygen atoms in total. The fourth-order valence-corrected chi connectivity index (χ4v) is 6.07. The van der Waals surface area contributed by atoms with E-state index >= 15 is 0 Å². The standard InChI is InChI=1S/C18H24ClFN2O3S/c19-14-7-8-15(20)16(11-14)26(24,25)18(9-4-10-21-12-18)22-17(23)13-5-2-1-3-6-13/h7-8,11,13,21H,1-6,9-10,12H2,(H,22,23)/t18-/m0/s1. The second-order valence-electron chi connectivity index (χ2n) is 7.18. The van der Waals surface area contributed by atoms with Crippen LogP contribution in [0.25, 0.3) is 0 Å². The van der Waals surface area contributed by atoms with Crippen molar-refractivity contribution in [2.24, 2.45) is 5.92 Å². The molecule has 0 bridgehead atoms. The molecule has 1 aromatic rings. The maximum absolute atomic E-state index is 14.3. The van der Waals surface area contributed by atoms with Crippen LogP contribution in [0.4, 0.5) is 4.39 Å². The maximum Gasteiger partial charge on any atom is 0.224 e. The van der Waals surface area contributed by atoms with Crippen molar-refractivity contribution in [3.8, 4) is 0 Å². The summed E-state index contributed by atoms with van der Waals surface area (Å²) < 4.78 is 41.0. The van der Waals surface area contributed by atoms with Crippen LogP contribution >= 0.6 is 11.6 Å². The Morgan fingerprint density at radius 2 is 1.96 bits per heavy atom. The smallest absolute Gasteiger partial charge is 0.224 e. The van der Waals surface area contributed by atoms with Crippen molar-refractivity contribution >= 4 is 27.3 Å². The summed E-state index contributed by atoms with van der Waals surface area (Å²) in [5, 5.41) is 5.97. The van der Waals surface area contributed by atoms with E-state index in [9.17, 15) is 17.6 Å². The first-order valence-corrected chi connectivity index (χ1v) is 10.9. The van der Waals surface area contributed by atoms with Crippen LogP contribution in [0.3, 0.4) is 0 Å². The number of amides is 1. The number of carbonyl (C=O) groups excluding carboxylic acids is 1. The number of hydrogen-bond donors (Lipinski definition) is 2. The Labute approximate surface area is 158 Å². The molecule has 26 heavy (non-hydrogen) atoms. The number of carbonyl (C=O) groups is 1. The zero-order chi connectivity index (χ0) is 18.8. The van der Waals surface area contributed by atoms with Gasteiger partial charge in [0.2, 0.25) is 15.7 Å². The number of hydrogen-bond acceptors (Lipinski definition) is 4. The second-order valence-corrected chi connectivity index (χ2v) is 9.84. The third-order valence-electron chi connectivity index (χ3n) is 5.37. The summed E-state index contributed by atoms with van der Waals surface area (Å²) in [5.41, 5.74) is 0. The highest BCUT2D eigenvalue weighted by Gasteiger charge is 2.48. The minimum absolute atomic E-state index is 0.0553. The lowest BCUT2D eigenvalue weighted by Crippen LogP contribution is -2.63. The van der Waals surface area contributed by atoms with E-state index in [1.165, 1.54) is 6.07 Å². The Morgan fingerprint density at radius 3 is 2.62 bits per heavy atom. The molecule has 0 spiro atoms. The van der Waals surface area contributed by atoms with E-state index in [1.54, 1.807) is 0 Å². The largest absolute Gasteiger partial charge is 0.335 e. The number of benzene rings is 1. The fraction of sp³-hybridized carbons (Fsp3) is 0.611. The summed E-state index contributed by atoms with van der Waals surface area (Å²) in [6, 6.07) is 3.47. The van der Waals surface area contributed by atoms with Gasteiger partial charge in [0.1, 0.15) is 10.7 Å². The second kappa shape index (κ2) is 7.82. The molecule has 1 atom stereocenters. The summed E-state index contributed by atoms with van der Waals surface area (Å²) in [7, 11) is -4.16. The molecule has 3 rings (SSSR count). The van der Waals surface area contributed by atoms with E-state index < -0.39 is 25.4 Å². The van der Waals surface area contributed by atoms with Gasteiger partial charge < -0.3 is 10.6 Å². The molecular weight excluding hydrogens is 379 g/mol. The highest BCUT2D eigenvalue weighted by molar-refractivity contribution is 7.92. The third kappa shape index (κ3) is 3.75. The predicted molar refractivity (Wildman–Crippen MR) is 98.1 cm³/mol. The molecule has 1 amide bonds. The van der Waals surface area contributed by atoms with E-state index in [1.807, 2.05) is 0 Å². The molecular formula is C18H24ClFN2O3S. The Balaban J connectivity index is 1.96. The minimum Gasteiger partial charge on any atom is -0.335 e. The molecule has 8 heteroatoms. The van der Waals surface area contributed by atoms with Crippen LogP contribution in [0.15, 0.2) is 23.1 Å². The lowest BCUT2D eigenvalue weighted by atomic mass is 9.88. The molecule has 1 saturated carbocycles. The number of piperidine rings is 1. The molecule has 1 aliphatic heterocycles. The highest BCUT2D eigenvalue weighted by Crippen LogP contribution is 2.34. The van der Waals surface area contributed by atoms with Crippen LogP contribution in [0.2, 0.25) is 5.02 Å². The quantitative estimate of drug-likeness (QED) is 0.811. The zero-order valence-electron chi connectivity index (χ0n) is 14.6. The summed E-state index contributed by atoms with van der Waals surface area (Å²) in [6.45, 7) is 0.717. The van der Waals surface area contributed by atoms with Crippen molar-refractivity contribution in [2.45, 2.75) is 54.7 Å². The summed E-state index contributed by atoms with van der Waals surface area (Å²) in [5.74, 6) is -1.28. The first-order valence-electron chi connectivity index (χ1n) is 9.08. The van der Waals surface area contributed by atoms with E-state index in [0.717, 1.165) is 44.2 Å². The minimum atomic E-state index is -4.16. The van der Waals surface area contributed by atoms with Gasteiger partial charge in [-0.15, -0.1) is 0 Å². The number of rotatable bonds is 4. The van der Waals surface area contributed by atoms with E-state index in [2.05, 4.69) is 10.6 Å². The van der Waals surface area contributed by atoms with Gasteiger partial charge in [-0.3, -0.25) is 4.79 Å². The molecule has 0 aromatic heterocycles. The molecule has 0 radical (unpaired) electrons. The van der Waals surface area contributed by atoms with Crippen LogP contribution in [-0.4, -0.2) is 32.3 Å². The van der Waals surface area contributed by atoms with E-state index in [4.69, 9.17) is 11.6 Å². The fourth-order valence-electron chi connectivity index (χ4n) is 3.87. The lowest BCUT2D eigenvalue weighted by Gasteiger charge is -2.39.